The quantitative estimate of drug-likeness (QED) is 0.791. The molecule has 1 rings (SSSR count). The smallest absolute Gasteiger partial charge is 0.328 e. The molecule has 1 amide bonds. The lowest BCUT2D eigenvalue weighted by Crippen LogP contribution is -2.45. The number of carboxylic acids is 1. The van der Waals surface area contributed by atoms with Crippen LogP contribution in [-0.2, 0) is 14.3 Å². The largest absolute Gasteiger partial charge is 0.484 e. The van der Waals surface area contributed by atoms with Crippen LogP contribution in [-0.4, -0.2) is 43.3 Å². The van der Waals surface area contributed by atoms with Gasteiger partial charge in [-0.15, -0.1) is 0 Å². The van der Waals surface area contributed by atoms with Crippen LogP contribution in [0.25, 0.3) is 0 Å². The van der Waals surface area contributed by atoms with Crippen molar-refractivity contribution in [3.8, 4) is 5.75 Å². The van der Waals surface area contributed by atoms with Crippen molar-refractivity contribution in [3.63, 3.8) is 0 Å². The molecule has 0 saturated carbocycles. The summed E-state index contributed by atoms with van der Waals surface area (Å²) in [7, 11) is 1.36. The van der Waals surface area contributed by atoms with Gasteiger partial charge in [-0.2, -0.15) is 0 Å². The maximum Gasteiger partial charge on any atom is 0.328 e. The molecule has 1 aromatic carbocycles. The minimum absolute atomic E-state index is 0.110. The number of methoxy groups -OCH3 is 1. The SMILES string of the molecule is COCC(NC(=O)COc1ccc(Cl)c(C)c1)C(=O)O. The highest BCUT2D eigenvalue weighted by atomic mass is 35.5. The Labute approximate surface area is 121 Å². The molecule has 0 heterocycles. The lowest BCUT2D eigenvalue weighted by Gasteiger charge is -2.14. The molecule has 0 bridgehead atoms. The van der Waals surface area contributed by atoms with Crippen LogP contribution in [0.5, 0.6) is 5.75 Å². The average molecular weight is 302 g/mol. The van der Waals surface area contributed by atoms with Gasteiger partial charge in [-0.25, -0.2) is 4.79 Å². The first-order valence-electron chi connectivity index (χ1n) is 5.84. The minimum Gasteiger partial charge on any atom is -0.484 e. The lowest BCUT2D eigenvalue weighted by molar-refractivity contribution is -0.143. The molecule has 0 aromatic heterocycles. The molecule has 0 radical (unpaired) electrons. The molecule has 0 spiro atoms. The van der Waals surface area contributed by atoms with Gasteiger partial charge in [0.1, 0.15) is 5.75 Å². The maximum atomic E-state index is 11.6. The molecule has 0 aliphatic rings. The number of carboxylic acid groups (broad SMARTS) is 1. The van der Waals surface area contributed by atoms with E-state index in [0.717, 1.165) is 5.56 Å². The van der Waals surface area contributed by atoms with Gasteiger partial charge in [-0.3, -0.25) is 4.79 Å². The van der Waals surface area contributed by atoms with Crippen LogP contribution < -0.4 is 10.1 Å². The summed E-state index contributed by atoms with van der Waals surface area (Å²) < 4.78 is 9.96. The van der Waals surface area contributed by atoms with E-state index in [0.29, 0.717) is 10.8 Å². The van der Waals surface area contributed by atoms with E-state index in [1.54, 1.807) is 18.2 Å². The zero-order valence-corrected chi connectivity index (χ0v) is 11.9. The lowest BCUT2D eigenvalue weighted by atomic mass is 10.2. The Morgan fingerprint density at radius 1 is 1.45 bits per heavy atom. The molecule has 0 saturated heterocycles. The van der Waals surface area contributed by atoms with Crippen LogP contribution in [0.3, 0.4) is 0 Å². The van der Waals surface area contributed by atoms with Gasteiger partial charge in [-0.1, -0.05) is 11.6 Å². The molecular weight excluding hydrogens is 286 g/mol. The number of hydrogen-bond acceptors (Lipinski definition) is 4. The van der Waals surface area contributed by atoms with E-state index in [-0.39, 0.29) is 13.2 Å². The van der Waals surface area contributed by atoms with Crippen LogP contribution >= 0.6 is 11.6 Å². The Morgan fingerprint density at radius 2 is 2.15 bits per heavy atom. The second-order valence-corrected chi connectivity index (χ2v) is 4.52. The standard InChI is InChI=1S/C13H16ClNO5/c1-8-5-9(3-4-10(8)14)20-7-12(16)15-11(6-19-2)13(17)18/h3-5,11H,6-7H2,1-2H3,(H,15,16)(H,17,18). The Balaban J connectivity index is 2.50. The highest BCUT2D eigenvalue weighted by Gasteiger charge is 2.19. The van der Waals surface area contributed by atoms with Gasteiger partial charge in [0.2, 0.25) is 0 Å². The Kier molecular flexibility index (Phi) is 6.27. The van der Waals surface area contributed by atoms with Crippen LogP contribution in [0.15, 0.2) is 18.2 Å². The molecular formula is C13H16ClNO5. The molecule has 0 fully saturated rings. The number of carbonyl (C=O) groups excluding carboxylic acids is 1. The summed E-state index contributed by atoms with van der Waals surface area (Å²) in [6.45, 7) is 1.42. The van der Waals surface area contributed by atoms with Crippen molar-refractivity contribution in [1.29, 1.82) is 0 Å². The second kappa shape index (κ2) is 7.72. The summed E-state index contributed by atoms with van der Waals surface area (Å²) >= 11 is 5.87. The third kappa shape index (κ3) is 5.07. The number of ether oxygens (including phenoxy) is 2. The first-order valence-corrected chi connectivity index (χ1v) is 6.22. The number of aryl methyl sites for hydroxylation is 1. The zero-order chi connectivity index (χ0) is 15.1. The molecule has 1 atom stereocenters. The monoisotopic (exact) mass is 301 g/mol. The minimum atomic E-state index is -1.16. The predicted molar refractivity (Wildman–Crippen MR) is 73.1 cm³/mol. The van der Waals surface area contributed by atoms with E-state index >= 15 is 0 Å². The van der Waals surface area contributed by atoms with Crippen molar-refractivity contribution < 1.29 is 24.2 Å². The van der Waals surface area contributed by atoms with Crippen molar-refractivity contribution in [1.82, 2.24) is 5.32 Å². The average Bonchev–Trinajstić information content (AvgIpc) is 2.39. The molecule has 0 aliphatic carbocycles. The van der Waals surface area contributed by atoms with Gasteiger partial charge in [0.05, 0.1) is 6.61 Å². The normalized spacial score (nSPS) is 11.8. The number of halogens is 1. The summed E-state index contributed by atoms with van der Waals surface area (Å²) in [5.74, 6) is -1.22. The molecule has 110 valence electrons. The molecule has 20 heavy (non-hydrogen) atoms. The van der Waals surface area contributed by atoms with Crippen molar-refractivity contribution >= 4 is 23.5 Å². The summed E-state index contributed by atoms with van der Waals surface area (Å²) in [6, 6.07) is 3.89. The van der Waals surface area contributed by atoms with E-state index < -0.39 is 17.9 Å². The fourth-order valence-electron chi connectivity index (χ4n) is 1.43. The second-order valence-electron chi connectivity index (χ2n) is 4.11. The highest BCUT2D eigenvalue weighted by molar-refractivity contribution is 6.31. The molecule has 0 aliphatic heterocycles. The van der Waals surface area contributed by atoms with Crippen LogP contribution in [0.1, 0.15) is 5.56 Å². The number of nitrogens with one attached hydrogen (secondary N) is 1. The zero-order valence-electron chi connectivity index (χ0n) is 11.2. The first-order chi connectivity index (χ1) is 9.43. The summed E-state index contributed by atoms with van der Waals surface area (Å²) in [4.78, 5) is 22.4. The Bertz CT molecular complexity index is 492. The molecule has 6 nitrogen and oxygen atoms in total. The van der Waals surface area contributed by atoms with Gasteiger partial charge in [0.15, 0.2) is 12.6 Å². The van der Waals surface area contributed by atoms with Gasteiger partial charge in [-0.05, 0) is 30.7 Å². The predicted octanol–water partition coefficient (Wildman–Crippen LogP) is 1.24. The summed E-state index contributed by atoms with van der Waals surface area (Å²) in [5.41, 5.74) is 0.826. The molecule has 2 N–H and O–H groups in total. The Morgan fingerprint density at radius 3 is 2.70 bits per heavy atom. The Hall–Kier alpha value is -1.79. The van der Waals surface area contributed by atoms with Crippen LogP contribution in [0.4, 0.5) is 0 Å². The number of rotatable bonds is 7. The number of carbonyl (C=O) groups is 2. The van der Waals surface area contributed by atoms with E-state index in [1.165, 1.54) is 7.11 Å². The maximum absolute atomic E-state index is 11.6. The first kappa shape index (κ1) is 16.3. The fourth-order valence-corrected chi connectivity index (χ4v) is 1.55. The number of benzene rings is 1. The highest BCUT2D eigenvalue weighted by Crippen LogP contribution is 2.20. The van der Waals surface area contributed by atoms with Crippen molar-refractivity contribution in [2.24, 2.45) is 0 Å². The van der Waals surface area contributed by atoms with E-state index in [2.05, 4.69) is 5.32 Å². The van der Waals surface area contributed by atoms with Gasteiger partial charge >= 0.3 is 5.97 Å². The number of amides is 1. The van der Waals surface area contributed by atoms with Crippen molar-refractivity contribution in [2.75, 3.05) is 20.3 Å². The molecule has 1 unspecified atom stereocenters. The molecule has 7 heteroatoms. The number of aliphatic carboxylic acids is 1. The van der Waals surface area contributed by atoms with E-state index in [4.69, 9.17) is 26.2 Å². The summed E-state index contributed by atoms with van der Waals surface area (Å²) in [6.07, 6.45) is 0. The third-order valence-electron chi connectivity index (χ3n) is 2.47. The third-order valence-corrected chi connectivity index (χ3v) is 2.89. The van der Waals surface area contributed by atoms with Gasteiger partial charge in [0.25, 0.3) is 5.91 Å². The van der Waals surface area contributed by atoms with E-state index in [1.807, 2.05) is 6.92 Å². The number of hydrogen-bond donors (Lipinski definition) is 2. The van der Waals surface area contributed by atoms with Crippen LogP contribution in [0, 0.1) is 6.92 Å². The van der Waals surface area contributed by atoms with Crippen LogP contribution in [0.2, 0.25) is 5.02 Å². The topological polar surface area (TPSA) is 84.9 Å². The summed E-state index contributed by atoms with van der Waals surface area (Å²) in [5, 5.41) is 11.8. The van der Waals surface area contributed by atoms with Crippen molar-refractivity contribution in [2.45, 2.75) is 13.0 Å². The molecule has 1 aromatic rings. The van der Waals surface area contributed by atoms with Gasteiger partial charge in [0, 0.05) is 12.1 Å². The van der Waals surface area contributed by atoms with E-state index in [9.17, 15) is 9.59 Å². The van der Waals surface area contributed by atoms with Crippen molar-refractivity contribution in [3.05, 3.63) is 28.8 Å². The fraction of sp³-hybridized carbons (Fsp3) is 0.385. The van der Waals surface area contributed by atoms with Gasteiger partial charge < -0.3 is 19.9 Å².